The monoisotopic (exact) mass is 360 g/mol. The van der Waals surface area contributed by atoms with Crippen molar-refractivity contribution < 1.29 is 9.53 Å². The summed E-state index contributed by atoms with van der Waals surface area (Å²) >= 11 is 10.5. The number of ether oxygens (including phenoxy) is 1. The first-order chi connectivity index (χ1) is 9.10. The molecule has 0 amide bonds. The standard InChI is InChI=1S/C12H10BrClN2O2S/c1-18-11(17)9-4-7(2-3-10(9)13)15-5-8-6-16-12(14)19-8/h2-4,6,15H,5H2,1H3. The summed E-state index contributed by atoms with van der Waals surface area (Å²) < 4.78 is 5.93. The van der Waals surface area contributed by atoms with Gasteiger partial charge in [0.2, 0.25) is 0 Å². The summed E-state index contributed by atoms with van der Waals surface area (Å²) in [5.74, 6) is -0.378. The highest BCUT2D eigenvalue weighted by molar-refractivity contribution is 9.10. The first kappa shape index (κ1) is 14.3. The number of hydrogen-bond acceptors (Lipinski definition) is 5. The molecule has 2 rings (SSSR count). The molecule has 0 saturated heterocycles. The summed E-state index contributed by atoms with van der Waals surface area (Å²) in [6.07, 6.45) is 1.72. The maximum atomic E-state index is 11.6. The quantitative estimate of drug-likeness (QED) is 0.838. The number of aromatic nitrogens is 1. The fraction of sp³-hybridized carbons (Fsp3) is 0.167. The van der Waals surface area contributed by atoms with E-state index in [0.29, 0.717) is 21.0 Å². The van der Waals surface area contributed by atoms with E-state index in [1.807, 2.05) is 6.07 Å². The number of benzene rings is 1. The van der Waals surface area contributed by atoms with Crippen molar-refractivity contribution in [3.63, 3.8) is 0 Å². The fourth-order valence-corrected chi connectivity index (χ4v) is 2.78. The molecule has 0 aliphatic carbocycles. The first-order valence-electron chi connectivity index (χ1n) is 5.32. The van der Waals surface area contributed by atoms with Gasteiger partial charge in [-0.3, -0.25) is 0 Å². The summed E-state index contributed by atoms with van der Waals surface area (Å²) in [6, 6.07) is 5.41. The van der Waals surface area contributed by atoms with Crippen molar-refractivity contribution in [2.75, 3.05) is 12.4 Å². The van der Waals surface area contributed by atoms with E-state index < -0.39 is 0 Å². The number of methoxy groups -OCH3 is 1. The molecule has 1 N–H and O–H groups in total. The van der Waals surface area contributed by atoms with Crippen LogP contribution in [0.5, 0.6) is 0 Å². The second kappa shape index (κ2) is 6.36. The second-order valence-corrected chi connectivity index (χ2v) is 6.17. The molecule has 1 heterocycles. The molecule has 0 aliphatic heterocycles. The molecule has 0 fully saturated rings. The number of thiazole rings is 1. The number of anilines is 1. The van der Waals surface area contributed by atoms with Crippen LogP contribution in [0.3, 0.4) is 0 Å². The van der Waals surface area contributed by atoms with E-state index in [0.717, 1.165) is 10.6 Å². The predicted octanol–water partition coefficient (Wildman–Crippen LogP) is 3.96. The van der Waals surface area contributed by atoms with Gasteiger partial charge in [-0.15, -0.1) is 11.3 Å². The van der Waals surface area contributed by atoms with Gasteiger partial charge >= 0.3 is 5.97 Å². The molecule has 0 spiro atoms. The minimum Gasteiger partial charge on any atom is -0.465 e. The smallest absolute Gasteiger partial charge is 0.339 e. The van der Waals surface area contributed by atoms with Crippen LogP contribution in [0.15, 0.2) is 28.9 Å². The van der Waals surface area contributed by atoms with E-state index in [1.54, 1.807) is 18.3 Å². The Morgan fingerprint density at radius 2 is 2.37 bits per heavy atom. The number of rotatable bonds is 4. The lowest BCUT2D eigenvalue weighted by atomic mass is 10.2. The van der Waals surface area contributed by atoms with E-state index in [2.05, 4.69) is 26.2 Å². The zero-order chi connectivity index (χ0) is 13.8. The van der Waals surface area contributed by atoms with Crippen molar-refractivity contribution >= 4 is 50.5 Å². The van der Waals surface area contributed by atoms with Gasteiger partial charge in [0.1, 0.15) is 0 Å². The minimum absolute atomic E-state index is 0.378. The van der Waals surface area contributed by atoms with Crippen molar-refractivity contribution in [2.45, 2.75) is 6.54 Å². The van der Waals surface area contributed by atoms with E-state index in [9.17, 15) is 4.79 Å². The third kappa shape index (κ3) is 3.68. The Balaban J connectivity index is 2.10. The van der Waals surface area contributed by atoms with Crippen LogP contribution in [0.25, 0.3) is 0 Å². The molecule has 0 unspecified atom stereocenters. The Kier molecular flexibility index (Phi) is 4.79. The highest BCUT2D eigenvalue weighted by atomic mass is 79.9. The van der Waals surface area contributed by atoms with Crippen LogP contribution < -0.4 is 5.32 Å². The third-order valence-corrected chi connectivity index (χ3v) is 4.17. The lowest BCUT2D eigenvalue weighted by Gasteiger charge is -2.08. The lowest BCUT2D eigenvalue weighted by Crippen LogP contribution is -2.04. The van der Waals surface area contributed by atoms with Gasteiger partial charge in [-0.1, -0.05) is 11.6 Å². The largest absolute Gasteiger partial charge is 0.465 e. The molecule has 0 atom stereocenters. The SMILES string of the molecule is COC(=O)c1cc(NCc2cnc(Cl)s2)ccc1Br. The van der Waals surface area contributed by atoms with Crippen molar-refractivity contribution in [3.05, 3.63) is 43.8 Å². The maximum absolute atomic E-state index is 11.6. The Labute approximate surface area is 127 Å². The topological polar surface area (TPSA) is 51.2 Å². The molecule has 0 bridgehead atoms. The fourth-order valence-electron chi connectivity index (χ4n) is 1.46. The number of hydrogen-bond donors (Lipinski definition) is 1. The summed E-state index contributed by atoms with van der Waals surface area (Å²) in [5.41, 5.74) is 1.31. The van der Waals surface area contributed by atoms with E-state index in [4.69, 9.17) is 16.3 Å². The molecule has 100 valence electrons. The Hall–Kier alpha value is -1.11. The molecular formula is C12H10BrClN2O2S. The van der Waals surface area contributed by atoms with E-state index in [1.165, 1.54) is 18.4 Å². The van der Waals surface area contributed by atoms with Crippen LogP contribution in [0.2, 0.25) is 4.47 Å². The number of carbonyl (C=O) groups excluding carboxylic acids is 1. The van der Waals surface area contributed by atoms with Crippen molar-refractivity contribution in [1.29, 1.82) is 0 Å². The molecule has 1 aromatic heterocycles. The van der Waals surface area contributed by atoms with Crippen LogP contribution in [-0.4, -0.2) is 18.1 Å². The minimum atomic E-state index is -0.378. The molecule has 0 aliphatic rings. The molecule has 1 aromatic carbocycles. The maximum Gasteiger partial charge on any atom is 0.339 e. The average molecular weight is 362 g/mol. The second-order valence-electron chi connectivity index (χ2n) is 3.62. The lowest BCUT2D eigenvalue weighted by molar-refractivity contribution is 0.0600. The summed E-state index contributed by atoms with van der Waals surface area (Å²) in [5, 5.41) is 3.20. The number of esters is 1. The van der Waals surface area contributed by atoms with Crippen LogP contribution in [0, 0.1) is 0 Å². The molecule has 7 heteroatoms. The third-order valence-electron chi connectivity index (χ3n) is 2.36. The highest BCUT2D eigenvalue weighted by Gasteiger charge is 2.11. The molecule has 2 aromatic rings. The Morgan fingerprint density at radius 1 is 1.58 bits per heavy atom. The summed E-state index contributed by atoms with van der Waals surface area (Å²) in [6.45, 7) is 0.604. The van der Waals surface area contributed by atoms with Gasteiger partial charge in [0.05, 0.1) is 19.2 Å². The average Bonchev–Trinajstić information content (AvgIpc) is 2.83. The normalized spacial score (nSPS) is 10.3. The van der Waals surface area contributed by atoms with Crippen LogP contribution in [0.1, 0.15) is 15.2 Å². The summed E-state index contributed by atoms with van der Waals surface area (Å²) in [4.78, 5) is 16.5. The van der Waals surface area contributed by atoms with Crippen molar-refractivity contribution in [1.82, 2.24) is 4.98 Å². The molecule has 4 nitrogen and oxygen atoms in total. The van der Waals surface area contributed by atoms with Gasteiger partial charge in [0, 0.05) is 21.2 Å². The number of halogens is 2. The Bertz CT molecular complexity index is 603. The Morgan fingerprint density at radius 3 is 3.00 bits per heavy atom. The summed E-state index contributed by atoms with van der Waals surface area (Å²) in [7, 11) is 1.36. The number of carbonyl (C=O) groups is 1. The number of nitrogens with one attached hydrogen (secondary N) is 1. The van der Waals surface area contributed by atoms with Crippen LogP contribution >= 0.6 is 38.9 Å². The van der Waals surface area contributed by atoms with Crippen LogP contribution in [0.4, 0.5) is 5.69 Å². The molecule has 19 heavy (non-hydrogen) atoms. The van der Waals surface area contributed by atoms with E-state index >= 15 is 0 Å². The van der Waals surface area contributed by atoms with Gasteiger partial charge in [0.15, 0.2) is 4.47 Å². The van der Waals surface area contributed by atoms with E-state index in [-0.39, 0.29) is 5.97 Å². The molecule has 0 saturated carbocycles. The van der Waals surface area contributed by atoms with Gasteiger partial charge in [-0.05, 0) is 34.1 Å². The van der Waals surface area contributed by atoms with Gasteiger partial charge in [0.25, 0.3) is 0 Å². The zero-order valence-corrected chi connectivity index (χ0v) is 13.1. The highest BCUT2D eigenvalue weighted by Crippen LogP contribution is 2.23. The number of nitrogens with zero attached hydrogens (tertiary/aromatic N) is 1. The van der Waals surface area contributed by atoms with Crippen molar-refractivity contribution in [2.24, 2.45) is 0 Å². The van der Waals surface area contributed by atoms with Crippen LogP contribution in [-0.2, 0) is 11.3 Å². The van der Waals surface area contributed by atoms with Gasteiger partial charge in [-0.25, -0.2) is 9.78 Å². The molecule has 0 radical (unpaired) electrons. The molecular weight excluding hydrogens is 352 g/mol. The predicted molar refractivity (Wildman–Crippen MR) is 79.9 cm³/mol. The first-order valence-corrected chi connectivity index (χ1v) is 7.31. The zero-order valence-electron chi connectivity index (χ0n) is 9.94. The van der Waals surface area contributed by atoms with Gasteiger partial charge in [-0.2, -0.15) is 0 Å². The van der Waals surface area contributed by atoms with Gasteiger partial charge < -0.3 is 10.1 Å². The van der Waals surface area contributed by atoms with Crippen molar-refractivity contribution in [3.8, 4) is 0 Å².